The number of benzene rings is 1. The van der Waals surface area contributed by atoms with Crippen LogP contribution in [0, 0.1) is 5.92 Å². The fourth-order valence-corrected chi connectivity index (χ4v) is 3.69. The standard InChI is InChI=1S/C19H26N4O2/c1-22-11-4-5-15(13-21-19(24)18-20-10-12-23(18)2)17(22)14-6-8-16(25-3)9-7-14/h6-10,12,15,17H,4-5,11,13H2,1-3H3,(H,21,24)/t15-,17+/m0/s1. The predicted molar refractivity (Wildman–Crippen MR) is 96.6 cm³/mol. The van der Waals surface area contributed by atoms with Crippen molar-refractivity contribution in [1.29, 1.82) is 0 Å². The number of nitrogens with one attached hydrogen (secondary N) is 1. The second-order valence-electron chi connectivity index (χ2n) is 6.67. The van der Waals surface area contributed by atoms with Crippen LogP contribution in [0.5, 0.6) is 5.75 Å². The lowest BCUT2D eigenvalue weighted by molar-refractivity contribution is 0.0879. The van der Waals surface area contributed by atoms with Gasteiger partial charge in [-0.2, -0.15) is 0 Å². The van der Waals surface area contributed by atoms with Crippen molar-refractivity contribution in [2.75, 3.05) is 27.2 Å². The summed E-state index contributed by atoms with van der Waals surface area (Å²) < 4.78 is 7.00. The lowest BCUT2D eigenvalue weighted by Crippen LogP contribution is -2.42. The van der Waals surface area contributed by atoms with Gasteiger partial charge in [-0.15, -0.1) is 0 Å². The van der Waals surface area contributed by atoms with E-state index < -0.39 is 0 Å². The lowest BCUT2D eigenvalue weighted by Gasteiger charge is -2.39. The van der Waals surface area contributed by atoms with Gasteiger partial charge in [-0.05, 0) is 50.0 Å². The molecule has 2 atom stereocenters. The molecule has 0 radical (unpaired) electrons. The summed E-state index contributed by atoms with van der Waals surface area (Å²) in [6, 6.07) is 8.54. The maximum atomic E-state index is 12.4. The van der Waals surface area contributed by atoms with Gasteiger partial charge in [-0.1, -0.05) is 12.1 Å². The van der Waals surface area contributed by atoms with Gasteiger partial charge < -0.3 is 14.6 Å². The summed E-state index contributed by atoms with van der Waals surface area (Å²) in [5.41, 5.74) is 1.26. The zero-order chi connectivity index (χ0) is 17.8. The summed E-state index contributed by atoms with van der Waals surface area (Å²) in [6.45, 7) is 1.72. The van der Waals surface area contributed by atoms with E-state index in [1.165, 1.54) is 5.56 Å². The number of carbonyl (C=O) groups is 1. The fraction of sp³-hybridized carbons (Fsp3) is 0.474. The Morgan fingerprint density at radius 1 is 1.32 bits per heavy atom. The number of carbonyl (C=O) groups excluding carboxylic acids is 1. The maximum Gasteiger partial charge on any atom is 0.287 e. The molecule has 1 aliphatic rings. The highest BCUT2D eigenvalue weighted by atomic mass is 16.5. The summed E-state index contributed by atoms with van der Waals surface area (Å²) in [4.78, 5) is 18.8. The molecule has 3 rings (SSSR count). The number of imidazole rings is 1. The van der Waals surface area contributed by atoms with Crippen molar-refractivity contribution in [2.45, 2.75) is 18.9 Å². The Morgan fingerprint density at radius 3 is 2.72 bits per heavy atom. The van der Waals surface area contributed by atoms with Gasteiger partial charge in [0.15, 0.2) is 5.82 Å². The Morgan fingerprint density at radius 2 is 2.08 bits per heavy atom. The summed E-state index contributed by atoms with van der Waals surface area (Å²) in [5, 5.41) is 3.06. The largest absolute Gasteiger partial charge is 0.497 e. The van der Waals surface area contributed by atoms with Gasteiger partial charge in [0.05, 0.1) is 7.11 Å². The van der Waals surface area contributed by atoms with Gasteiger partial charge in [-0.3, -0.25) is 9.69 Å². The van der Waals surface area contributed by atoms with Gasteiger partial charge in [0, 0.05) is 32.0 Å². The number of amides is 1. The molecule has 1 aliphatic heterocycles. The lowest BCUT2D eigenvalue weighted by atomic mass is 9.85. The van der Waals surface area contributed by atoms with Crippen molar-refractivity contribution in [3.05, 3.63) is 48.0 Å². The first-order valence-corrected chi connectivity index (χ1v) is 8.70. The molecule has 0 aliphatic carbocycles. The number of rotatable bonds is 5. The molecule has 1 N–H and O–H groups in total. The van der Waals surface area contributed by atoms with E-state index in [1.54, 1.807) is 24.1 Å². The summed E-state index contributed by atoms with van der Waals surface area (Å²) in [6.07, 6.45) is 5.67. The highest BCUT2D eigenvalue weighted by Crippen LogP contribution is 2.35. The molecule has 0 saturated carbocycles. The van der Waals surface area contributed by atoms with Crippen LogP contribution in [-0.2, 0) is 7.05 Å². The molecule has 134 valence electrons. The number of methoxy groups -OCH3 is 1. The van der Waals surface area contributed by atoms with Gasteiger partial charge in [-0.25, -0.2) is 4.98 Å². The van der Waals surface area contributed by atoms with Crippen LogP contribution in [0.25, 0.3) is 0 Å². The molecule has 1 aromatic heterocycles. The molecular weight excluding hydrogens is 316 g/mol. The number of piperidine rings is 1. The quantitative estimate of drug-likeness (QED) is 0.905. The second-order valence-corrected chi connectivity index (χ2v) is 6.67. The third-order valence-electron chi connectivity index (χ3n) is 5.01. The molecule has 0 bridgehead atoms. The Balaban J connectivity index is 1.71. The zero-order valence-electron chi connectivity index (χ0n) is 15.1. The molecule has 1 amide bonds. The number of hydrogen-bond donors (Lipinski definition) is 1. The normalized spacial score (nSPS) is 21.1. The second kappa shape index (κ2) is 7.70. The van der Waals surface area contributed by atoms with Crippen LogP contribution >= 0.6 is 0 Å². The van der Waals surface area contributed by atoms with E-state index in [0.717, 1.165) is 25.1 Å². The van der Waals surface area contributed by atoms with Gasteiger partial charge in [0.25, 0.3) is 5.91 Å². The van der Waals surface area contributed by atoms with E-state index in [0.29, 0.717) is 24.3 Å². The van der Waals surface area contributed by atoms with Crippen LogP contribution in [0.4, 0.5) is 0 Å². The molecule has 6 nitrogen and oxygen atoms in total. The van der Waals surface area contributed by atoms with Crippen LogP contribution in [0.15, 0.2) is 36.7 Å². The van der Waals surface area contributed by atoms with E-state index in [2.05, 4.69) is 34.4 Å². The maximum absolute atomic E-state index is 12.4. The van der Waals surface area contributed by atoms with Crippen LogP contribution in [-0.4, -0.2) is 47.6 Å². The SMILES string of the molecule is COc1ccc([C@@H]2[C@H](CNC(=O)c3nccn3C)CCCN2C)cc1. The van der Waals surface area contributed by atoms with Gasteiger partial charge in [0.1, 0.15) is 5.75 Å². The minimum absolute atomic E-state index is 0.116. The van der Waals surface area contributed by atoms with Crippen molar-refractivity contribution in [3.8, 4) is 5.75 Å². The number of nitrogens with zero attached hydrogens (tertiary/aromatic N) is 3. The minimum Gasteiger partial charge on any atom is -0.497 e. The van der Waals surface area contributed by atoms with Crippen molar-refractivity contribution in [2.24, 2.45) is 13.0 Å². The predicted octanol–water partition coefficient (Wildman–Crippen LogP) is 2.24. The summed E-state index contributed by atoms with van der Waals surface area (Å²) in [7, 11) is 5.66. The number of hydrogen-bond acceptors (Lipinski definition) is 4. The molecule has 0 unspecified atom stereocenters. The topological polar surface area (TPSA) is 59.4 Å². The molecule has 1 aromatic carbocycles. The first-order chi connectivity index (χ1) is 12.1. The van der Waals surface area contributed by atoms with Gasteiger partial charge in [0.2, 0.25) is 0 Å². The Hall–Kier alpha value is -2.34. The van der Waals surface area contributed by atoms with E-state index >= 15 is 0 Å². The molecule has 2 heterocycles. The van der Waals surface area contributed by atoms with Crippen LogP contribution in [0.3, 0.4) is 0 Å². The van der Waals surface area contributed by atoms with Gasteiger partial charge >= 0.3 is 0 Å². The van der Waals surface area contributed by atoms with Crippen molar-refractivity contribution >= 4 is 5.91 Å². The minimum atomic E-state index is -0.116. The third kappa shape index (κ3) is 3.85. The molecule has 2 aromatic rings. The van der Waals surface area contributed by atoms with Crippen LogP contribution in [0.1, 0.15) is 35.1 Å². The molecule has 1 fully saturated rings. The van der Waals surface area contributed by atoms with Crippen LogP contribution in [0.2, 0.25) is 0 Å². The summed E-state index contributed by atoms with van der Waals surface area (Å²) in [5.74, 6) is 1.57. The zero-order valence-corrected chi connectivity index (χ0v) is 15.1. The van der Waals surface area contributed by atoms with E-state index in [1.807, 2.05) is 19.2 Å². The Kier molecular flexibility index (Phi) is 5.38. The van der Waals surface area contributed by atoms with E-state index in [4.69, 9.17) is 4.74 Å². The number of ether oxygens (including phenoxy) is 1. The number of likely N-dealkylation sites (tertiary alicyclic amines) is 1. The van der Waals surface area contributed by atoms with E-state index in [9.17, 15) is 4.79 Å². The highest BCUT2D eigenvalue weighted by molar-refractivity contribution is 5.90. The molecule has 6 heteroatoms. The average Bonchev–Trinajstić information content (AvgIpc) is 3.06. The third-order valence-corrected chi connectivity index (χ3v) is 5.01. The summed E-state index contributed by atoms with van der Waals surface area (Å²) >= 11 is 0. The van der Waals surface area contributed by atoms with Crippen molar-refractivity contribution < 1.29 is 9.53 Å². The van der Waals surface area contributed by atoms with Crippen molar-refractivity contribution in [3.63, 3.8) is 0 Å². The van der Waals surface area contributed by atoms with Crippen LogP contribution < -0.4 is 10.1 Å². The monoisotopic (exact) mass is 342 g/mol. The number of aryl methyl sites for hydroxylation is 1. The highest BCUT2D eigenvalue weighted by Gasteiger charge is 2.31. The number of aromatic nitrogens is 2. The molecule has 0 spiro atoms. The average molecular weight is 342 g/mol. The molecule has 1 saturated heterocycles. The Bertz CT molecular complexity index is 710. The van der Waals surface area contributed by atoms with Crippen molar-refractivity contribution in [1.82, 2.24) is 19.8 Å². The first kappa shape index (κ1) is 17.5. The Labute approximate surface area is 148 Å². The molecular formula is C19H26N4O2. The smallest absolute Gasteiger partial charge is 0.287 e. The molecule has 25 heavy (non-hydrogen) atoms. The fourth-order valence-electron chi connectivity index (χ4n) is 3.69. The first-order valence-electron chi connectivity index (χ1n) is 8.70. The van der Waals surface area contributed by atoms with E-state index in [-0.39, 0.29) is 5.91 Å².